The lowest BCUT2D eigenvalue weighted by molar-refractivity contribution is -0.135. The van der Waals surface area contributed by atoms with E-state index in [2.05, 4.69) is 10.2 Å². The number of carbonyl (C=O) groups is 2. The second-order valence-corrected chi connectivity index (χ2v) is 9.66. The van der Waals surface area contributed by atoms with Gasteiger partial charge in [0.05, 0.1) is 59.5 Å². The highest BCUT2D eigenvalue weighted by Crippen LogP contribution is 2.18. The lowest BCUT2D eigenvalue weighted by Crippen LogP contribution is -2.52. The number of piperazine rings is 1. The topological polar surface area (TPSA) is 108 Å². The first-order valence-electron chi connectivity index (χ1n) is 14.5. The first-order chi connectivity index (χ1) is 20.7. The lowest BCUT2D eigenvalue weighted by Gasteiger charge is -2.36. The van der Waals surface area contributed by atoms with E-state index in [0.29, 0.717) is 72.6 Å². The molecule has 2 aromatic rings. The maximum absolute atomic E-state index is 13.5. The zero-order valence-electron chi connectivity index (χ0n) is 24.6. The molecule has 0 aliphatic carbocycles. The number of hydrogen-bond acceptors (Lipinski definition) is 9. The predicted molar refractivity (Wildman–Crippen MR) is 157 cm³/mol. The molecule has 11 heteroatoms. The first-order valence-corrected chi connectivity index (χ1v) is 14.5. The summed E-state index contributed by atoms with van der Waals surface area (Å²) in [6.45, 7) is 8.42. The van der Waals surface area contributed by atoms with Crippen LogP contribution in [0, 0.1) is 0 Å². The van der Waals surface area contributed by atoms with Crippen molar-refractivity contribution in [2.75, 3.05) is 99.3 Å². The van der Waals surface area contributed by atoms with Crippen LogP contribution in [0.15, 0.2) is 60.7 Å². The summed E-state index contributed by atoms with van der Waals surface area (Å²) in [5, 5.41) is 2.78. The van der Waals surface area contributed by atoms with Crippen LogP contribution in [0.3, 0.4) is 0 Å². The standard InChI is InChI=1S/C31H45N3O8/c1-37-18-19-39-22-23-41-25-24-40-21-20-38-17-16-33-12-14-34(15-13-33)30(35)29(28-10-6-3-7-11-28)32-31(36)42-26-27-8-4-2-5-9-27/h2-11,29H,12-26H2,1H3,(H,32,36). The third kappa shape index (κ3) is 13.3. The van der Waals surface area contributed by atoms with Gasteiger partial charge in [0.1, 0.15) is 12.6 Å². The van der Waals surface area contributed by atoms with E-state index in [9.17, 15) is 9.59 Å². The number of hydrogen-bond donors (Lipinski definition) is 1. The monoisotopic (exact) mass is 587 g/mol. The van der Waals surface area contributed by atoms with Crippen LogP contribution in [0.4, 0.5) is 4.79 Å². The van der Waals surface area contributed by atoms with E-state index >= 15 is 0 Å². The Morgan fingerprint density at radius 1 is 0.714 bits per heavy atom. The van der Waals surface area contributed by atoms with Crippen LogP contribution in [-0.2, 0) is 39.8 Å². The summed E-state index contributed by atoms with van der Waals surface area (Å²) in [6, 6.07) is 17.9. The average molecular weight is 588 g/mol. The molecular weight excluding hydrogens is 542 g/mol. The van der Waals surface area contributed by atoms with Crippen molar-refractivity contribution >= 4 is 12.0 Å². The fraction of sp³-hybridized carbons (Fsp3) is 0.548. The molecule has 1 atom stereocenters. The Morgan fingerprint density at radius 2 is 1.24 bits per heavy atom. The van der Waals surface area contributed by atoms with Crippen molar-refractivity contribution in [3.8, 4) is 0 Å². The predicted octanol–water partition coefficient (Wildman–Crippen LogP) is 2.51. The summed E-state index contributed by atoms with van der Waals surface area (Å²) in [7, 11) is 1.64. The molecule has 0 bridgehead atoms. The summed E-state index contributed by atoms with van der Waals surface area (Å²) in [4.78, 5) is 30.2. The maximum atomic E-state index is 13.5. The van der Waals surface area contributed by atoms with Crippen molar-refractivity contribution in [1.82, 2.24) is 15.1 Å². The van der Waals surface area contributed by atoms with Gasteiger partial charge in [-0.2, -0.15) is 0 Å². The maximum Gasteiger partial charge on any atom is 0.408 e. The molecule has 2 aromatic carbocycles. The normalized spacial score (nSPS) is 14.5. The molecule has 1 aliphatic heterocycles. The minimum absolute atomic E-state index is 0.134. The highest BCUT2D eigenvalue weighted by Gasteiger charge is 2.30. The Hall–Kier alpha value is -3.06. The van der Waals surface area contributed by atoms with Crippen LogP contribution < -0.4 is 5.32 Å². The Labute approximate surface area is 248 Å². The highest BCUT2D eigenvalue weighted by atomic mass is 16.6. The summed E-state index contributed by atoms with van der Waals surface area (Å²) < 4.78 is 32.3. The molecule has 1 unspecified atom stereocenters. The van der Waals surface area contributed by atoms with Gasteiger partial charge in [0.25, 0.3) is 0 Å². The van der Waals surface area contributed by atoms with Crippen LogP contribution in [0.5, 0.6) is 0 Å². The van der Waals surface area contributed by atoms with E-state index in [0.717, 1.165) is 30.8 Å². The molecule has 0 saturated carbocycles. The largest absolute Gasteiger partial charge is 0.445 e. The molecule has 1 heterocycles. The fourth-order valence-electron chi connectivity index (χ4n) is 4.29. The van der Waals surface area contributed by atoms with Gasteiger partial charge in [-0.05, 0) is 11.1 Å². The van der Waals surface area contributed by atoms with Gasteiger partial charge in [0.2, 0.25) is 5.91 Å². The molecule has 1 aliphatic rings. The Bertz CT molecular complexity index is 990. The number of benzene rings is 2. The third-order valence-corrected chi connectivity index (χ3v) is 6.64. The van der Waals surface area contributed by atoms with Crippen LogP contribution in [0.25, 0.3) is 0 Å². The summed E-state index contributed by atoms with van der Waals surface area (Å²) in [6.07, 6.45) is -0.628. The van der Waals surface area contributed by atoms with E-state index in [1.807, 2.05) is 60.7 Å². The van der Waals surface area contributed by atoms with Gasteiger partial charge < -0.3 is 38.6 Å². The van der Waals surface area contributed by atoms with Gasteiger partial charge in [-0.15, -0.1) is 0 Å². The molecule has 3 rings (SSSR count). The van der Waals surface area contributed by atoms with Gasteiger partial charge in [0.15, 0.2) is 0 Å². The molecule has 42 heavy (non-hydrogen) atoms. The van der Waals surface area contributed by atoms with E-state index in [4.69, 9.17) is 28.4 Å². The van der Waals surface area contributed by atoms with Crippen LogP contribution in [0.1, 0.15) is 17.2 Å². The molecule has 2 amide bonds. The second kappa shape index (κ2) is 20.8. The number of ether oxygens (including phenoxy) is 6. The molecule has 1 fully saturated rings. The molecule has 232 valence electrons. The number of amides is 2. The molecule has 1 N–H and O–H groups in total. The highest BCUT2D eigenvalue weighted by molar-refractivity contribution is 5.87. The summed E-state index contributed by atoms with van der Waals surface area (Å²) in [5.74, 6) is -0.145. The van der Waals surface area contributed by atoms with Crippen molar-refractivity contribution in [3.05, 3.63) is 71.8 Å². The number of methoxy groups -OCH3 is 1. The van der Waals surface area contributed by atoms with Crippen molar-refractivity contribution < 1.29 is 38.0 Å². The zero-order chi connectivity index (χ0) is 29.7. The minimum Gasteiger partial charge on any atom is -0.445 e. The van der Waals surface area contributed by atoms with Crippen LogP contribution >= 0.6 is 0 Å². The number of nitrogens with one attached hydrogen (secondary N) is 1. The molecule has 0 aromatic heterocycles. The number of carbonyl (C=O) groups excluding carboxylic acids is 2. The minimum atomic E-state index is -0.816. The molecular formula is C31H45N3O8. The Kier molecular flexibility index (Phi) is 16.5. The van der Waals surface area contributed by atoms with Gasteiger partial charge in [-0.25, -0.2) is 4.79 Å². The summed E-state index contributed by atoms with van der Waals surface area (Å²) >= 11 is 0. The third-order valence-electron chi connectivity index (χ3n) is 6.64. The van der Waals surface area contributed by atoms with Gasteiger partial charge in [0, 0.05) is 39.8 Å². The summed E-state index contributed by atoms with van der Waals surface area (Å²) in [5.41, 5.74) is 1.60. The quantitative estimate of drug-likeness (QED) is 0.234. The van der Waals surface area contributed by atoms with Crippen LogP contribution in [0.2, 0.25) is 0 Å². The van der Waals surface area contributed by atoms with Crippen molar-refractivity contribution in [2.45, 2.75) is 12.6 Å². The first kappa shape index (κ1) is 33.4. The van der Waals surface area contributed by atoms with E-state index in [1.54, 1.807) is 12.0 Å². The van der Waals surface area contributed by atoms with E-state index in [-0.39, 0.29) is 12.5 Å². The van der Waals surface area contributed by atoms with Crippen molar-refractivity contribution in [2.24, 2.45) is 0 Å². The van der Waals surface area contributed by atoms with Gasteiger partial charge >= 0.3 is 6.09 Å². The number of alkyl carbamates (subject to hydrolysis) is 1. The number of rotatable bonds is 20. The zero-order valence-corrected chi connectivity index (χ0v) is 24.6. The Morgan fingerprint density at radius 3 is 1.81 bits per heavy atom. The average Bonchev–Trinajstić information content (AvgIpc) is 3.03. The van der Waals surface area contributed by atoms with E-state index < -0.39 is 12.1 Å². The van der Waals surface area contributed by atoms with Crippen molar-refractivity contribution in [1.29, 1.82) is 0 Å². The molecule has 0 spiro atoms. The molecule has 0 radical (unpaired) electrons. The van der Waals surface area contributed by atoms with Gasteiger partial charge in [-0.1, -0.05) is 60.7 Å². The molecule has 1 saturated heterocycles. The van der Waals surface area contributed by atoms with Crippen LogP contribution in [-0.4, -0.2) is 121 Å². The fourth-order valence-corrected chi connectivity index (χ4v) is 4.29. The Balaban J connectivity index is 1.28. The SMILES string of the molecule is COCCOCCOCCOCCOCCN1CCN(C(=O)C(NC(=O)OCc2ccccc2)c2ccccc2)CC1. The number of nitrogens with zero attached hydrogens (tertiary/aromatic N) is 2. The van der Waals surface area contributed by atoms with Gasteiger partial charge in [-0.3, -0.25) is 9.69 Å². The van der Waals surface area contributed by atoms with Crippen molar-refractivity contribution in [3.63, 3.8) is 0 Å². The lowest BCUT2D eigenvalue weighted by atomic mass is 10.1. The van der Waals surface area contributed by atoms with E-state index in [1.165, 1.54) is 0 Å². The second-order valence-electron chi connectivity index (χ2n) is 9.66. The molecule has 11 nitrogen and oxygen atoms in total. The smallest absolute Gasteiger partial charge is 0.408 e.